The third-order valence-corrected chi connectivity index (χ3v) is 3.51. The molecule has 0 radical (unpaired) electrons. The van der Waals surface area contributed by atoms with Crippen LogP contribution in [0.15, 0.2) is 54.9 Å². The maximum atomic E-state index is 13.2. The molecule has 0 aliphatic carbocycles. The van der Waals surface area contributed by atoms with Gasteiger partial charge < -0.3 is 15.4 Å². The summed E-state index contributed by atoms with van der Waals surface area (Å²) in [7, 11) is 1.62. The molecule has 0 unspecified atom stereocenters. The second-order valence-corrected chi connectivity index (χ2v) is 5.30. The summed E-state index contributed by atoms with van der Waals surface area (Å²) in [6.45, 7) is 0. The zero-order chi connectivity index (χ0) is 16.9. The Morgan fingerprint density at radius 1 is 0.917 bits per heavy atom. The number of benzene rings is 2. The van der Waals surface area contributed by atoms with E-state index in [9.17, 15) is 4.39 Å². The lowest BCUT2D eigenvalue weighted by Gasteiger charge is -2.09. The number of ether oxygens (including phenoxy) is 1. The van der Waals surface area contributed by atoms with Crippen LogP contribution in [0.25, 0.3) is 0 Å². The van der Waals surface area contributed by atoms with Crippen molar-refractivity contribution >= 4 is 34.6 Å². The molecule has 0 spiro atoms. The Bertz CT molecular complexity index is 842. The van der Waals surface area contributed by atoms with Crippen molar-refractivity contribution < 1.29 is 9.13 Å². The molecule has 2 aromatic carbocycles. The molecule has 0 saturated carbocycles. The SMILES string of the molecule is COc1ccc(Nc2cc(Nc3ccc(F)c(Cl)c3)ncn2)cc1. The summed E-state index contributed by atoms with van der Waals surface area (Å²) in [6.07, 6.45) is 1.43. The molecule has 1 heterocycles. The van der Waals surface area contributed by atoms with Crippen molar-refractivity contribution in [1.82, 2.24) is 9.97 Å². The molecule has 7 heteroatoms. The fourth-order valence-electron chi connectivity index (χ4n) is 2.04. The molecule has 5 nitrogen and oxygen atoms in total. The maximum Gasteiger partial charge on any atom is 0.141 e. The highest BCUT2D eigenvalue weighted by atomic mass is 35.5. The summed E-state index contributed by atoms with van der Waals surface area (Å²) < 4.78 is 18.3. The molecular weight excluding hydrogens is 331 g/mol. The smallest absolute Gasteiger partial charge is 0.141 e. The van der Waals surface area contributed by atoms with E-state index in [1.807, 2.05) is 24.3 Å². The first-order valence-corrected chi connectivity index (χ1v) is 7.47. The fourth-order valence-corrected chi connectivity index (χ4v) is 2.22. The van der Waals surface area contributed by atoms with E-state index < -0.39 is 5.82 Å². The predicted molar refractivity (Wildman–Crippen MR) is 93.0 cm³/mol. The van der Waals surface area contributed by atoms with Gasteiger partial charge in [-0.15, -0.1) is 0 Å². The average Bonchev–Trinajstić information content (AvgIpc) is 2.59. The van der Waals surface area contributed by atoms with Gasteiger partial charge in [0, 0.05) is 17.4 Å². The highest BCUT2D eigenvalue weighted by Gasteiger charge is 2.04. The number of hydrogen-bond acceptors (Lipinski definition) is 5. The molecule has 0 amide bonds. The van der Waals surface area contributed by atoms with Gasteiger partial charge in [-0.3, -0.25) is 0 Å². The van der Waals surface area contributed by atoms with Crippen LogP contribution in [0.3, 0.4) is 0 Å². The van der Waals surface area contributed by atoms with Crippen molar-refractivity contribution in [2.45, 2.75) is 0 Å². The Kier molecular flexibility index (Phi) is 4.77. The summed E-state index contributed by atoms with van der Waals surface area (Å²) in [6, 6.07) is 13.6. The van der Waals surface area contributed by atoms with Gasteiger partial charge in [0.05, 0.1) is 12.1 Å². The Labute approximate surface area is 143 Å². The lowest BCUT2D eigenvalue weighted by atomic mass is 10.3. The topological polar surface area (TPSA) is 59.1 Å². The minimum atomic E-state index is -0.466. The third-order valence-electron chi connectivity index (χ3n) is 3.22. The Hall–Kier alpha value is -2.86. The molecule has 0 aliphatic heterocycles. The summed E-state index contributed by atoms with van der Waals surface area (Å²) in [4.78, 5) is 8.31. The van der Waals surface area contributed by atoms with E-state index in [0.29, 0.717) is 17.3 Å². The van der Waals surface area contributed by atoms with E-state index in [1.165, 1.54) is 18.5 Å². The van der Waals surface area contributed by atoms with Crippen LogP contribution >= 0.6 is 11.6 Å². The minimum Gasteiger partial charge on any atom is -0.497 e. The van der Waals surface area contributed by atoms with E-state index in [4.69, 9.17) is 16.3 Å². The van der Waals surface area contributed by atoms with Gasteiger partial charge in [0.1, 0.15) is 29.5 Å². The van der Waals surface area contributed by atoms with Gasteiger partial charge in [-0.05, 0) is 42.5 Å². The first-order chi connectivity index (χ1) is 11.6. The van der Waals surface area contributed by atoms with Crippen molar-refractivity contribution in [3.63, 3.8) is 0 Å². The van der Waals surface area contributed by atoms with Gasteiger partial charge in [0.2, 0.25) is 0 Å². The van der Waals surface area contributed by atoms with Gasteiger partial charge in [0.15, 0.2) is 0 Å². The van der Waals surface area contributed by atoms with Crippen LogP contribution in [0.2, 0.25) is 5.02 Å². The number of halogens is 2. The maximum absolute atomic E-state index is 13.2. The van der Waals surface area contributed by atoms with Crippen LogP contribution in [0.5, 0.6) is 5.75 Å². The first kappa shape index (κ1) is 16.0. The van der Waals surface area contributed by atoms with Crippen LogP contribution in [-0.2, 0) is 0 Å². The van der Waals surface area contributed by atoms with E-state index >= 15 is 0 Å². The zero-order valence-corrected chi connectivity index (χ0v) is 13.5. The molecule has 0 aliphatic rings. The fraction of sp³-hybridized carbons (Fsp3) is 0.0588. The highest BCUT2D eigenvalue weighted by molar-refractivity contribution is 6.31. The summed E-state index contributed by atoms with van der Waals surface area (Å²) in [5.41, 5.74) is 1.50. The van der Waals surface area contributed by atoms with Crippen molar-refractivity contribution in [3.8, 4) is 5.75 Å². The Morgan fingerprint density at radius 3 is 2.17 bits per heavy atom. The normalized spacial score (nSPS) is 10.3. The standard InChI is InChI=1S/C17H14ClFN4O/c1-24-13-5-2-11(3-6-13)22-16-9-17(21-10-20-16)23-12-4-7-15(19)14(18)8-12/h2-10H,1H3,(H2,20,21,22,23). The predicted octanol–water partition coefficient (Wildman–Crippen LogP) is 4.76. The number of anilines is 4. The third kappa shape index (κ3) is 3.91. The van der Waals surface area contributed by atoms with Gasteiger partial charge in [-0.1, -0.05) is 11.6 Å². The van der Waals surface area contributed by atoms with E-state index in [0.717, 1.165) is 11.4 Å². The van der Waals surface area contributed by atoms with Gasteiger partial charge in [0.25, 0.3) is 0 Å². The van der Waals surface area contributed by atoms with Crippen molar-refractivity contribution in [1.29, 1.82) is 0 Å². The minimum absolute atomic E-state index is 0.0469. The van der Waals surface area contributed by atoms with E-state index in [2.05, 4.69) is 20.6 Å². The summed E-state index contributed by atoms with van der Waals surface area (Å²) in [5, 5.41) is 6.27. The molecule has 2 N–H and O–H groups in total. The largest absolute Gasteiger partial charge is 0.497 e. The number of aromatic nitrogens is 2. The lowest BCUT2D eigenvalue weighted by molar-refractivity contribution is 0.415. The van der Waals surface area contributed by atoms with Crippen molar-refractivity contribution in [3.05, 3.63) is 65.7 Å². The molecule has 24 heavy (non-hydrogen) atoms. The van der Waals surface area contributed by atoms with Crippen LogP contribution in [0, 0.1) is 5.82 Å². The Morgan fingerprint density at radius 2 is 1.54 bits per heavy atom. The van der Waals surface area contributed by atoms with Gasteiger partial charge in [-0.25, -0.2) is 14.4 Å². The average molecular weight is 345 g/mol. The molecular formula is C17H14ClFN4O. The molecule has 3 rings (SSSR count). The molecule has 0 saturated heterocycles. The van der Waals surface area contributed by atoms with Crippen molar-refractivity contribution in [2.24, 2.45) is 0 Å². The van der Waals surface area contributed by atoms with Crippen molar-refractivity contribution in [2.75, 3.05) is 17.7 Å². The van der Waals surface area contributed by atoms with Crippen LogP contribution < -0.4 is 15.4 Å². The Balaban J connectivity index is 1.74. The van der Waals surface area contributed by atoms with Crippen LogP contribution in [0.4, 0.5) is 27.4 Å². The van der Waals surface area contributed by atoms with E-state index in [-0.39, 0.29) is 5.02 Å². The lowest BCUT2D eigenvalue weighted by Crippen LogP contribution is -1.98. The first-order valence-electron chi connectivity index (χ1n) is 7.09. The second kappa shape index (κ2) is 7.14. The highest BCUT2D eigenvalue weighted by Crippen LogP contribution is 2.24. The van der Waals surface area contributed by atoms with Crippen LogP contribution in [0.1, 0.15) is 0 Å². The zero-order valence-electron chi connectivity index (χ0n) is 12.8. The molecule has 0 fully saturated rings. The van der Waals surface area contributed by atoms with Gasteiger partial charge >= 0.3 is 0 Å². The number of methoxy groups -OCH3 is 1. The summed E-state index contributed by atoms with van der Waals surface area (Å²) >= 11 is 5.77. The van der Waals surface area contributed by atoms with Gasteiger partial charge in [-0.2, -0.15) is 0 Å². The number of nitrogens with one attached hydrogen (secondary N) is 2. The molecule has 122 valence electrons. The molecule has 0 atom stereocenters. The van der Waals surface area contributed by atoms with E-state index in [1.54, 1.807) is 19.2 Å². The number of hydrogen-bond donors (Lipinski definition) is 2. The number of rotatable bonds is 5. The van der Waals surface area contributed by atoms with Crippen LogP contribution in [-0.4, -0.2) is 17.1 Å². The number of nitrogens with zero attached hydrogens (tertiary/aromatic N) is 2. The quantitative estimate of drug-likeness (QED) is 0.698. The molecule has 1 aromatic heterocycles. The second-order valence-electron chi connectivity index (χ2n) is 4.90. The summed E-state index contributed by atoms with van der Waals surface area (Å²) in [5.74, 6) is 1.49. The molecule has 0 bridgehead atoms. The monoisotopic (exact) mass is 344 g/mol. The molecule has 3 aromatic rings.